The Morgan fingerprint density at radius 3 is 2.69 bits per heavy atom. The zero-order valence-electron chi connectivity index (χ0n) is 18.0. The lowest BCUT2D eigenvalue weighted by atomic mass is 9.69. The van der Waals surface area contributed by atoms with E-state index < -0.39 is 0 Å². The van der Waals surface area contributed by atoms with Gasteiger partial charge in [0.15, 0.2) is 0 Å². The average Bonchev–Trinajstić information content (AvgIpc) is 3.27. The van der Waals surface area contributed by atoms with Crippen LogP contribution in [0.5, 0.6) is 0 Å². The van der Waals surface area contributed by atoms with E-state index in [0.717, 1.165) is 17.7 Å². The van der Waals surface area contributed by atoms with Crippen molar-refractivity contribution in [1.29, 1.82) is 0 Å². The molecule has 8 heteroatoms. The average molecular weight is 434 g/mol. The van der Waals surface area contributed by atoms with E-state index in [9.17, 15) is 19.7 Å². The number of nitrogens with zero attached hydrogens (tertiary/aromatic N) is 1. The summed E-state index contributed by atoms with van der Waals surface area (Å²) >= 11 is 0. The summed E-state index contributed by atoms with van der Waals surface area (Å²) in [4.78, 5) is 34.1. The molecule has 3 N–H and O–H groups in total. The topological polar surface area (TPSA) is 113 Å². The number of hydrogen-bond acceptors (Lipinski definition) is 5. The summed E-state index contributed by atoms with van der Waals surface area (Å²) in [5, 5.41) is 20.4. The first-order chi connectivity index (χ1) is 15.3. The van der Waals surface area contributed by atoms with Gasteiger partial charge in [0.25, 0.3) is 11.6 Å². The summed E-state index contributed by atoms with van der Waals surface area (Å²) in [6.45, 7) is 4.70. The van der Waals surface area contributed by atoms with Crippen LogP contribution in [-0.4, -0.2) is 29.8 Å². The van der Waals surface area contributed by atoms with E-state index >= 15 is 0 Å². The molecule has 0 aromatic heterocycles. The van der Waals surface area contributed by atoms with Crippen molar-refractivity contribution >= 4 is 29.4 Å². The maximum Gasteiger partial charge on any atom is 0.269 e. The number of rotatable bonds is 7. The highest BCUT2D eigenvalue weighted by atomic mass is 16.6. The second kappa shape index (κ2) is 8.45. The summed E-state index contributed by atoms with van der Waals surface area (Å²) in [6, 6.07) is 11.8. The van der Waals surface area contributed by atoms with Gasteiger partial charge in [-0.15, -0.1) is 0 Å². The number of nitro groups is 1. The monoisotopic (exact) mass is 434 g/mol. The molecule has 2 amide bonds. The van der Waals surface area contributed by atoms with E-state index in [1.807, 2.05) is 0 Å². The minimum atomic E-state index is -0.360. The smallest absolute Gasteiger partial charge is 0.269 e. The van der Waals surface area contributed by atoms with Crippen molar-refractivity contribution in [3.8, 4) is 0 Å². The second-order valence-corrected chi connectivity index (χ2v) is 9.01. The molecular formula is C24H26N4O4. The number of hydrogen-bond donors (Lipinski definition) is 3. The number of amides is 2. The van der Waals surface area contributed by atoms with E-state index in [0.29, 0.717) is 24.2 Å². The summed E-state index contributed by atoms with van der Waals surface area (Å²) in [5.74, 6) is 0.192. The van der Waals surface area contributed by atoms with Gasteiger partial charge in [0.1, 0.15) is 0 Å². The molecule has 8 nitrogen and oxygen atoms in total. The standard InChI is InChI=1S/C24H26N4O4/c1-24(2,13-25-23(30)15-6-8-16(9-7-15)26-14-29)22-19-5-3-4-18(19)20-12-17(28(31)32)10-11-21(20)27-22/h3-4,6-12,14,18-19,22,27H,5,13H2,1-2H3,(H,25,30)(H,26,29). The molecule has 0 saturated heterocycles. The van der Waals surface area contributed by atoms with Gasteiger partial charge in [-0.3, -0.25) is 19.7 Å². The lowest BCUT2D eigenvalue weighted by Gasteiger charge is -2.45. The molecule has 0 spiro atoms. The third-order valence-corrected chi connectivity index (χ3v) is 6.48. The molecule has 0 bridgehead atoms. The van der Waals surface area contributed by atoms with E-state index in [1.54, 1.807) is 36.4 Å². The fourth-order valence-corrected chi connectivity index (χ4v) is 4.78. The highest BCUT2D eigenvalue weighted by Crippen LogP contribution is 2.49. The van der Waals surface area contributed by atoms with Gasteiger partial charge in [0.2, 0.25) is 6.41 Å². The van der Waals surface area contributed by atoms with Crippen molar-refractivity contribution in [2.24, 2.45) is 11.3 Å². The van der Waals surface area contributed by atoms with Gasteiger partial charge in [0, 0.05) is 53.0 Å². The number of non-ortho nitro benzene ring substituents is 1. The van der Waals surface area contributed by atoms with Gasteiger partial charge < -0.3 is 16.0 Å². The molecule has 2 aromatic carbocycles. The maximum absolute atomic E-state index is 12.7. The Kier molecular flexibility index (Phi) is 5.69. The van der Waals surface area contributed by atoms with Gasteiger partial charge in [0.05, 0.1) is 4.92 Å². The van der Waals surface area contributed by atoms with Crippen molar-refractivity contribution < 1.29 is 14.5 Å². The predicted molar refractivity (Wildman–Crippen MR) is 123 cm³/mol. The number of benzene rings is 2. The molecule has 3 atom stereocenters. The van der Waals surface area contributed by atoms with Crippen molar-refractivity contribution in [2.45, 2.75) is 32.2 Å². The largest absolute Gasteiger partial charge is 0.381 e. The fourth-order valence-electron chi connectivity index (χ4n) is 4.78. The zero-order chi connectivity index (χ0) is 22.9. The van der Waals surface area contributed by atoms with Gasteiger partial charge >= 0.3 is 0 Å². The van der Waals surface area contributed by atoms with E-state index in [-0.39, 0.29) is 39.8 Å². The summed E-state index contributed by atoms with van der Waals surface area (Å²) < 4.78 is 0. The Morgan fingerprint density at radius 1 is 1.25 bits per heavy atom. The van der Waals surface area contributed by atoms with Crippen molar-refractivity contribution in [3.63, 3.8) is 0 Å². The molecule has 0 radical (unpaired) electrons. The maximum atomic E-state index is 12.7. The summed E-state index contributed by atoms with van der Waals surface area (Å²) in [7, 11) is 0. The Bertz CT molecular complexity index is 1080. The Balaban J connectivity index is 1.49. The lowest BCUT2D eigenvalue weighted by Crippen LogP contribution is -2.51. The number of nitro benzene ring substituents is 1. The van der Waals surface area contributed by atoms with Gasteiger partial charge in [-0.25, -0.2) is 0 Å². The van der Waals surface area contributed by atoms with Crippen LogP contribution in [0.1, 0.15) is 42.1 Å². The summed E-state index contributed by atoms with van der Waals surface area (Å²) in [6.07, 6.45) is 5.76. The van der Waals surface area contributed by atoms with Crippen LogP contribution in [0.3, 0.4) is 0 Å². The highest BCUT2D eigenvalue weighted by molar-refractivity contribution is 5.94. The molecule has 3 unspecified atom stereocenters. The molecule has 1 heterocycles. The van der Waals surface area contributed by atoms with Crippen LogP contribution >= 0.6 is 0 Å². The predicted octanol–water partition coefficient (Wildman–Crippen LogP) is 4.07. The Hall–Kier alpha value is -3.68. The van der Waals surface area contributed by atoms with Crippen LogP contribution in [0.25, 0.3) is 0 Å². The molecule has 1 aliphatic carbocycles. The minimum Gasteiger partial charge on any atom is -0.381 e. The zero-order valence-corrected chi connectivity index (χ0v) is 18.0. The first-order valence-corrected chi connectivity index (χ1v) is 10.6. The molecule has 0 saturated carbocycles. The third kappa shape index (κ3) is 4.08. The number of allylic oxidation sites excluding steroid dienone is 2. The van der Waals surface area contributed by atoms with Gasteiger partial charge in [-0.05, 0) is 48.2 Å². The quantitative estimate of drug-likeness (QED) is 0.263. The SMILES string of the molecule is CC(C)(CNC(=O)c1ccc(NC=O)cc1)C1Nc2ccc([N+](=O)[O-])cc2C2C=CCC21. The van der Waals surface area contributed by atoms with E-state index in [4.69, 9.17) is 0 Å². The first kappa shape index (κ1) is 21.5. The van der Waals surface area contributed by atoms with Crippen molar-refractivity contribution in [1.82, 2.24) is 5.32 Å². The number of nitrogens with one attached hydrogen (secondary N) is 3. The number of carbonyl (C=O) groups is 2. The lowest BCUT2D eigenvalue weighted by molar-refractivity contribution is -0.384. The van der Waals surface area contributed by atoms with Crippen molar-refractivity contribution in [2.75, 3.05) is 17.2 Å². The number of carbonyl (C=O) groups excluding carboxylic acids is 2. The van der Waals surface area contributed by atoms with Gasteiger partial charge in [-0.1, -0.05) is 26.0 Å². The van der Waals surface area contributed by atoms with E-state index in [2.05, 4.69) is 41.9 Å². The normalized spacial score (nSPS) is 21.1. The van der Waals surface area contributed by atoms with E-state index in [1.165, 1.54) is 6.07 Å². The molecule has 32 heavy (non-hydrogen) atoms. The molecule has 4 rings (SSSR count). The van der Waals surface area contributed by atoms with Gasteiger partial charge in [-0.2, -0.15) is 0 Å². The number of anilines is 2. The first-order valence-electron chi connectivity index (χ1n) is 10.6. The molecule has 166 valence electrons. The Morgan fingerprint density at radius 2 is 2.00 bits per heavy atom. The fraction of sp³-hybridized carbons (Fsp3) is 0.333. The molecular weight excluding hydrogens is 408 g/mol. The summed E-state index contributed by atoms with van der Waals surface area (Å²) in [5.41, 5.74) is 2.84. The minimum absolute atomic E-state index is 0.0796. The molecule has 1 aliphatic heterocycles. The molecule has 0 fully saturated rings. The number of fused-ring (bicyclic) bond motifs is 3. The Labute approximate surface area is 186 Å². The highest BCUT2D eigenvalue weighted by Gasteiger charge is 2.44. The van der Waals surface area contributed by atoms with Crippen LogP contribution in [0.4, 0.5) is 17.1 Å². The molecule has 2 aliphatic rings. The van der Waals surface area contributed by atoms with Crippen LogP contribution in [0, 0.1) is 21.4 Å². The van der Waals surface area contributed by atoms with Crippen LogP contribution < -0.4 is 16.0 Å². The van der Waals surface area contributed by atoms with Crippen molar-refractivity contribution in [3.05, 3.63) is 75.9 Å². The third-order valence-electron chi connectivity index (χ3n) is 6.48. The van der Waals surface area contributed by atoms with Crippen LogP contribution in [0.15, 0.2) is 54.6 Å². The molecule has 2 aromatic rings. The van der Waals surface area contributed by atoms with Crippen LogP contribution in [0.2, 0.25) is 0 Å². The van der Waals surface area contributed by atoms with Crippen LogP contribution in [-0.2, 0) is 4.79 Å². The second-order valence-electron chi connectivity index (χ2n) is 9.01.